The molecule has 0 saturated heterocycles. The van der Waals surface area contributed by atoms with Gasteiger partial charge in [-0.25, -0.2) is 0 Å². The third-order valence-electron chi connectivity index (χ3n) is 2.68. The molecule has 2 nitrogen and oxygen atoms in total. The summed E-state index contributed by atoms with van der Waals surface area (Å²) in [7, 11) is 2.08. The second-order valence-electron chi connectivity index (χ2n) is 4.20. The lowest BCUT2D eigenvalue weighted by molar-refractivity contribution is 0.370. The van der Waals surface area contributed by atoms with Crippen LogP contribution >= 0.6 is 0 Å². The van der Waals surface area contributed by atoms with Gasteiger partial charge in [-0.15, -0.1) is 0 Å². The Bertz CT molecular complexity index is 261. The molecule has 13 heavy (non-hydrogen) atoms. The molecule has 1 N–H and O–H groups in total. The van der Waals surface area contributed by atoms with E-state index in [0.717, 1.165) is 13.0 Å². The molecule has 0 bridgehead atoms. The number of hydrogen-bond acceptors (Lipinski definition) is 1. The predicted octanol–water partition coefficient (Wildman–Crippen LogP) is 2.30. The minimum absolute atomic E-state index is 0.240. The first kappa shape index (κ1) is 10.3. The molecule has 0 unspecified atom stereocenters. The van der Waals surface area contributed by atoms with Crippen LogP contribution in [0, 0.1) is 0 Å². The number of nitrogens with one attached hydrogen (secondary N) is 1. The highest BCUT2D eigenvalue weighted by atomic mass is 15.0. The van der Waals surface area contributed by atoms with E-state index < -0.39 is 0 Å². The average molecular weight is 180 g/mol. The standard InChI is InChI=1S/C11H20N2/c1-5-11(2,3)12-9-10-7-6-8-13(10)4/h6-8,12H,5,9H2,1-4H3. The number of hydrogen-bond donors (Lipinski definition) is 1. The van der Waals surface area contributed by atoms with E-state index in [4.69, 9.17) is 0 Å². The Kier molecular flexibility index (Phi) is 3.15. The fraction of sp³-hybridized carbons (Fsp3) is 0.636. The highest BCUT2D eigenvalue weighted by Crippen LogP contribution is 2.08. The third-order valence-corrected chi connectivity index (χ3v) is 2.68. The second-order valence-corrected chi connectivity index (χ2v) is 4.20. The summed E-state index contributed by atoms with van der Waals surface area (Å²) >= 11 is 0. The van der Waals surface area contributed by atoms with E-state index in [1.165, 1.54) is 5.69 Å². The summed E-state index contributed by atoms with van der Waals surface area (Å²) in [6.07, 6.45) is 3.23. The van der Waals surface area contributed by atoms with Gasteiger partial charge in [-0.3, -0.25) is 0 Å². The molecule has 0 fully saturated rings. The van der Waals surface area contributed by atoms with Crippen LogP contribution in [0.15, 0.2) is 18.3 Å². The van der Waals surface area contributed by atoms with Gasteiger partial charge in [-0.1, -0.05) is 6.92 Å². The molecule has 0 aliphatic heterocycles. The van der Waals surface area contributed by atoms with Gasteiger partial charge in [-0.05, 0) is 32.4 Å². The quantitative estimate of drug-likeness (QED) is 0.752. The smallest absolute Gasteiger partial charge is 0.0363 e. The minimum atomic E-state index is 0.240. The van der Waals surface area contributed by atoms with Crippen molar-refractivity contribution in [2.45, 2.75) is 39.3 Å². The summed E-state index contributed by atoms with van der Waals surface area (Å²) in [4.78, 5) is 0. The van der Waals surface area contributed by atoms with E-state index in [0.29, 0.717) is 0 Å². The Morgan fingerprint density at radius 1 is 1.46 bits per heavy atom. The first-order valence-corrected chi connectivity index (χ1v) is 4.90. The SMILES string of the molecule is CCC(C)(C)NCc1cccn1C. The lowest BCUT2D eigenvalue weighted by Gasteiger charge is -2.24. The van der Waals surface area contributed by atoms with E-state index >= 15 is 0 Å². The van der Waals surface area contributed by atoms with Crippen molar-refractivity contribution in [2.24, 2.45) is 7.05 Å². The van der Waals surface area contributed by atoms with Crippen LogP contribution in [-0.2, 0) is 13.6 Å². The van der Waals surface area contributed by atoms with Gasteiger partial charge in [0.15, 0.2) is 0 Å². The van der Waals surface area contributed by atoms with Gasteiger partial charge in [0.05, 0.1) is 0 Å². The summed E-state index contributed by atoms with van der Waals surface area (Å²) in [6.45, 7) is 7.62. The zero-order valence-electron chi connectivity index (χ0n) is 9.09. The number of nitrogens with zero attached hydrogens (tertiary/aromatic N) is 1. The van der Waals surface area contributed by atoms with Gasteiger partial charge in [0, 0.05) is 31.0 Å². The van der Waals surface area contributed by atoms with Crippen LogP contribution in [0.3, 0.4) is 0 Å². The normalized spacial score (nSPS) is 12.0. The summed E-state index contributed by atoms with van der Waals surface area (Å²) in [5.74, 6) is 0. The molecule has 0 atom stereocenters. The molecule has 0 aliphatic carbocycles. The zero-order valence-corrected chi connectivity index (χ0v) is 9.09. The van der Waals surface area contributed by atoms with Crippen LogP contribution in [0.5, 0.6) is 0 Å². The number of rotatable bonds is 4. The van der Waals surface area contributed by atoms with Crippen molar-refractivity contribution in [1.29, 1.82) is 0 Å². The summed E-state index contributed by atoms with van der Waals surface area (Å²) in [5.41, 5.74) is 1.58. The molecule has 2 heteroatoms. The predicted molar refractivity (Wildman–Crippen MR) is 56.6 cm³/mol. The van der Waals surface area contributed by atoms with E-state index in [2.05, 4.69) is 56.0 Å². The Labute approximate surface area is 81.0 Å². The van der Waals surface area contributed by atoms with Gasteiger partial charge in [-0.2, -0.15) is 0 Å². The molecule has 1 aromatic rings. The van der Waals surface area contributed by atoms with E-state index in [1.54, 1.807) is 0 Å². The van der Waals surface area contributed by atoms with E-state index in [9.17, 15) is 0 Å². The molecule has 74 valence electrons. The molecule has 1 rings (SSSR count). The fourth-order valence-corrected chi connectivity index (χ4v) is 1.13. The maximum atomic E-state index is 3.53. The van der Waals surface area contributed by atoms with Gasteiger partial charge in [0.1, 0.15) is 0 Å². The Hall–Kier alpha value is -0.760. The molecule has 0 amide bonds. The highest BCUT2D eigenvalue weighted by molar-refractivity contribution is 5.06. The molecule has 1 aromatic heterocycles. The Morgan fingerprint density at radius 3 is 2.62 bits per heavy atom. The number of aryl methyl sites for hydroxylation is 1. The van der Waals surface area contributed by atoms with Crippen molar-refractivity contribution in [3.05, 3.63) is 24.0 Å². The maximum Gasteiger partial charge on any atom is 0.0363 e. The van der Waals surface area contributed by atoms with Gasteiger partial charge < -0.3 is 9.88 Å². The van der Waals surface area contributed by atoms with Crippen LogP contribution < -0.4 is 5.32 Å². The lowest BCUT2D eigenvalue weighted by atomic mass is 10.0. The fourth-order valence-electron chi connectivity index (χ4n) is 1.13. The lowest BCUT2D eigenvalue weighted by Crippen LogP contribution is -2.38. The average Bonchev–Trinajstić information content (AvgIpc) is 2.48. The highest BCUT2D eigenvalue weighted by Gasteiger charge is 2.13. The largest absolute Gasteiger partial charge is 0.353 e. The van der Waals surface area contributed by atoms with Crippen molar-refractivity contribution in [3.63, 3.8) is 0 Å². The van der Waals surface area contributed by atoms with E-state index in [1.807, 2.05) is 0 Å². The summed E-state index contributed by atoms with van der Waals surface area (Å²) < 4.78 is 2.15. The molecule has 0 saturated carbocycles. The monoisotopic (exact) mass is 180 g/mol. The molecule has 0 aromatic carbocycles. The molecule has 0 spiro atoms. The summed E-state index contributed by atoms with van der Waals surface area (Å²) in [5, 5.41) is 3.53. The van der Waals surface area contributed by atoms with E-state index in [-0.39, 0.29) is 5.54 Å². The molecular weight excluding hydrogens is 160 g/mol. The Morgan fingerprint density at radius 2 is 2.15 bits per heavy atom. The van der Waals surface area contributed by atoms with Crippen LogP contribution in [0.25, 0.3) is 0 Å². The molecular formula is C11H20N2. The van der Waals surface area contributed by atoms with Crippen molar-refractivity contribution < 1.29 is 0 Å². The van der Waals surface area contributed by atoms with Gasteiger partial charge in [0.2, 0.25) is 0 Å². The van der Waals surface area contributed by atoms with Crippen molar-refractivity contribution in [1.82, 2.24) is 9.88 Å². The zero-order chi connectivity index (χ0) is 9.90. The van der Waals surface area contributed by atoms with Gasteiger partial charge >= 0.3 is 0 Å². The molecule has 0 aliphatic rings. The first-order chi connectivity index (χ1) is 6.05. The first-order valence-electron chi connectivity index (χ1n) is 4.90. The maximum absolute atomic E-state index is 3.53. The van der Waals surface area contributed by atoms with Crippen molar-refractivity contribution in [3.8, 4) is 0 Å². The van der Waals surface area contributed by atoms with Crippen LogP contribution in [0.2, 0.25) is 0 Å². The third kappa shape index (κ3) is 2.88. The number of aromatic nitrogens is 1. The molecule has 1 heterocycles. The van der Waals surface area contributed by atoms with Crippen LogP contribution in [-0.4, -0.2) is 10.1 Å². The topological polar surface area (TPSA) is 17.0 Å². The second kappa shape index (κ2) is 3.97. The molecule has 0 radical (unpaired) electrons. The van der Waals surface area contributed by atoms with Gasteiger partial charge in [0.25, 0.3) is 0 Å². The minimum Gasteiger partial charge on any atom is -0.353 e. The van der Waals surface area contributed by atoms with Crippen molar-refractivity contribution >= 4 is 0 Å². The summed E-state index contributed by atoms with van der Waals surface area (Å²) in [6, 6.07) is 4.23. The van der Waals surface area contributed by atoms with Crippen LogP contribution in [0.1, 0.15) is 32.9 Å². The Balaban J connectivity index is 2.48. The van der Waals surface area contributed by atoms with Crippen molar-refractivity contribution in [2.75, 3.05) is 0 Å². The van der Waals surface area contributed by atoms with Crippen LogP contribution in [0.4, 0.5) is 0 Å².